The van der Waals surface area contributed by atoms with Crippen LogP contribution in [0.2, 0.25) is 0 Å². The summed E-state index contributed by atoms with van der Waals surface area (Å²) in [4.78, 5) is 0. The summed E-state index contributed by atoms with van der Waals surface area (Å²) >= 11 is 0. The summed E-state index contributed by atoms with van der Waals surface area (Å²) < 4.78 is 0. The molecule has 0 radical (unpaired) electrons. The Hall–Kier alpha value is 3.70. The van der Waals surface area contributed by atoms with Crippen molar-refractivity contribution in [1.82, 2.24) is 0 Å². The molecule has 0 fully saturated rings. The molecule has 0 aromatic carbocycles. The third-order valence-electron chi connectivity index (χ3n) is 0. The molecule has 0 spiro atoms. The van der Waals surface area contributed by atoms with E-state index in [-0.39, 0.29) is 150 Å². The molecule has 0 aliphatic carbocycles. The van der Waals surface area contributed by atoms with Crippen molar-refractivity contribution < 1.29 is 103 Å². The van der Waals surface area contributed by atoms with Crippen LogP contribution in [0.15, 0.2) is 0 Å². The minimum absolute atomic E-state index is 0. The third-order valence-corrected chi connectivity index (χ3v) is 0. The number of hydrogen-bond donors (Lipinski definition) is 0. The molecule has 0 amide bonds. The van der Waals surface area contributed by atoms with Crippen molar-refractivity contribution in [2.75, 3.05) is 0 Å². The molecule has 3 heteroatoms. The molecular formula is C5H21K2P. The van der Waals surface area contributed by atoms with Gasteiger partial charge in [-0.25, -0.2) is 0 Å². The van der Waals surface area contributed by atoms with Crippen molar-refractivity contribution in [2.45, 2.75) is 29.7 Å². The Balaban J connectivity index is 0. The van der Waals surface area contributed by atoms with E-state index in [1.807, 2.05) is 0 Å². The molecule has 0 aliphatic rings. The van der Waals surface area contributed by atoms with Crippen LogP contribution < -0.4 is 103 Å². The summed E-state index contributed by atoms with van der Waals surface area (Å²) in [6.07, 6.45) is 0. The van der Waals surface area contributed by atoms with Crippen LogP contribution in [0.3, 0.4) is 0 Å². The normalized spacial score (nSPS) is 0. The maximum atomic E-state index is 0. The van der Waals surface area contributed by atoms with Gasteiger partial charge in [0.05, 0.1) is 0 Å². The van der Waals surface area contributed by atoms with E-state index in [4.69, 9.17) is 0 Å². The smallest absolute Gasteiger partial charge is 0.577 e. The molecule has 0 saturated heterocycles. The number of rotatable bonds is 0. The van der Waals surface area contributed by atoms with Gasteiger partial charge in [0.25, 0.3) is 0 Å². The van der Waals surface area contributed by atoms with Crippen molar-refractivity contribution in [3.63, 3.8) is 0 Å². The van der Waals surface area contributed by atoms with Crippen molar-refractivity contribution in [2.24, 2.45) is 0 Å². The van der Waals surface area contributed by atoms with E-state index in [9.17, 15) is 0 Å². The fourth-order valence-corrected chi connectivity index (χ4v) is 0. The molecule has 0 heterocycles. The van der Waals surface area contributed by atoms with E-state index in [0.29, 0.717) is 0 Å². The monoisotopic (exact) mass is 190 g/mol. The Kier molecular flexibility index (Phi) is 898. The van der Waals surface area contributed by atoms with E-state index in [1.54, 1.807) is 0 Å². The minimum Gasteiger partial charge on any atom is -0.577 e. The summed E-state index contributed by atoms with van der Waals surface area (Å²) in [5.41, 5.74) is 0. The third kappa shape index (κ3) is 53.6. The Morgan fingerprint density at radius 2 is 0.500 bits per heavy atom. The molecule has 0 atom stereocenters. The average Bonchev–Trinajstić information content (AvgIpc) is 0. The van der Waals surface area contributed by atoms with Gasteiger partial charge in [-0.15, -0.1) is 0 Å². The Bertz CT molecular complexity index is 10.4. The summed E-state index contributed by atoms with van der Waals surface area (Å²) in [7, 11) is 0. The largest absolute Gasteiger partial charge is 1.00 e. The second-order valence-corrected chi connectivity index (χ2v) is 0. The zero-order valence-electron chi connectivity index (χ0n) is 3.58. The quantitative estimate of drug-likeness (QED) is 0.222. The molecule has 8 heavy (non-hydrogen) atoms. The first-order chi connectivity index (χ1) is 0. The molecule has 0 N–H and O–H groups in total. The molecule has 0 aromatic rings. The zero-order chi connectivity index (χ0) is 0. The molecule has 0 aromatic heterocycles. The van der Waals surface area contributed by atoms with Crippen LogP contribution in [0.25, 0.3) is 0 Å². The standard InChI is InChI=1S/4CH4.CH3.2K.H2P/h4*1H4;1H3;;;1H2/q;;;;-1;2*+1;-1. The summed E-state index contributed by atoms with van der Waals surface area (Å²) in [6, 6.07) is 0. The van der Waals surface area contributed by atoms with Gasteiger partial charge < -0.3 is 17.3 Å². The topological polar surface area (TPSA) is 0 Å². The van der Waals surface area contributed by atoms with Crippen LogP contribution in [0, 0.1) is 7.43 Å². The SMILES string of the molecule is C.C.C.C.[CH3-].[K+].[K+].[PH2-]. The van der Waals surface area contributed by atoms with E-state index in [2.05, 4.69) is 0 Å². The van der Waals surface area contributed by atoms with Crippen molar-refractivity contribution in [3.8, 4) is 0 Å². The average molecular weight is 190 g/mol. The Morgan fingerprint density at radius 3 is 0.500 bits per heavy atom. The van der Waals surface area contributed by atoms with Crippen LogP contribution in [-0.4, -0.2) is 0 Å². The van der Waals surface area contributed by atoms with Gasteiger partial charge in [0.2, 0.25) is 0 Å². The van der Waals surface area contributed by atoms with Gasteiger partial charge in [0.1, 0.15) is 0 Å². The van der Waals surface area contributed by atoms with Gasteiger partial charge in [0, 0.05) is 0 Å². The van der Waals surface area contributed by atoms with Crippen LogP contribution in [0.4, 0.5) is 0 Å². The van der Waals surface area contributed by atoms with Crippen LogP contribution in [0.5, 0.6) is 0 Å². The summed E-state index contributed by atoms with van der Waals surface area (Å²) in [6.45, 7) is 0. The van der Waals surface area contributed by atoms with Gasteiger partial charge in [-0.1, -0.05) is 29.7 Å². The zero-order valence-corrected chi connectivity index (χ0v) is 11.0. The first kappa shape index (κ1) is 97.8. The van der Waals surface area contributed by atoms with Crippen LogP contribution in [0.1, 0.15) is 29.7 Å². The molecule has 0 rings (SSSR count). The Labute approximate surface area is 146 Å². The maximum absolute atomic E-state index is 0. The van der Waals surface area contributed by atoms with E-state index >= 15 is 0 Å². The fourth-order valence-electron chi connectivity index (χ4n) is 0. The second kappa shape index (κ2) is 73.5. The molecule has 0 saturated carbocycles. The molecular weight excluding hydrogens is 169 g/mol. The van der Waals surface area contributed by atoms with E-state index in [0.717, 1.165) is 0 Å². The van der Waals surface area contributed by atoms with E-state index < -0.39 is 0 Å². The summed E-state index contributed by atoms with van der Waals surface area (Å²) in [5.74, 6) is 0. The van der Waals surface area contributed by atoms with Crippen LogP contribution in [-0.2, 0) is 0 Å². The minimum atomic E-state index is 0. The van der Waals surface area contributed by atoms with Crippen molar-refractivity contribution >= 4 is 9.90 Å². The molecule has 0 nitrogen and oxygen atoms in total. The van der Waals surface area contributed by atoms with Crippen molar-refractivity contribution in [3.05, 3.63) is 7.43 Å². The molecule has 0 aliphatic heterocycles. The predicted molar refractivity (Wildman–Crippen MR) is 43.0 cm³/mol. The van der Waals surface area contributed by atoms with Gasteiger partial charge in [-0.2, -0.15) is 0 Å². The molecule has 0 unspecified atom stereocenters. The molecule has 0 bridgehead atoms. The first-order valence-corrected chi connectivity index (χ1v) is 0. The van der Waals surface area contributed by atoms with E-state index in [1.165, 1.54) is 0 Å². The maximum Gasteiger partial charge on any atom is 1.00 e. The van der Waals surface area contributed by atoms with Gasteiger partial charge >= 0.3 is 103 Å². The first-order valence-electron chi connectivity index (χ1n) is 0. The number of hydrogen-bond acceptors (Lipinski definition) is 0. The fraction of sp³-hybridized carbons (Fsp3) is 0.800. The van der Waals surface area contributed by atoms with Crippen molar-refractivity contribution in [1.29, 1.82) is 0 Å². The Morgan fingerprint density at radius 1 is 0.500 bits per heavy atom. The van der Waals surface area contributed by atoms with Gasteiger partial charge in [-0.05, 0) is 0 Å². The van der Waals surface area contributed by atoms with Crippen LogP contribution >= 0.6 is 9.90 Å². The van der Waals surface area contributed by atoms with Gasteiger partial charge in [0.15, 0.2) is 0 Å². The predicted octanol–water partition coefficient (Wildman–Crippen LogP) is -2.67. The van der Waals surface area contributed by atoms with Gasteiger partial charge in [-0.3, -0.25) is 0 Å². The second-order valence-electron chi connectivity index (χ2n) is 0. The molecule has 48 valence electrons. The summed E-state index contributed by atoms with van der Waals surface area (Å²) in [5, 5.41) is 0.